The fourth-order valence-corrected chi connectivity index (χ4v) is 2.58. The summed E-state index contributed by atoms with van der Waals surface area (Å²) in [6, 6.07) is 1.44. The highest BCUT2D eigenvalue weighted by Gasteiger charge is 2.16. The van der Waals surface area contributed by atoms with Crippen molar-refractivity contribution in [2.75, 3.05) is 14.2 Å². The van der Waals surface area contributed by atoms with Gasteiger partial charge in [0.2, 0.25) is 0 Å². The lowest BCUT2D eigenvalue weighted by molar-refractivity contribution is -0.143. The monoisotopic (exact) mass is 493 g/mol. The molecule has 0 amide bonds. The van der Waals surface area contributed by atoms with Gasteiger partial charge in [-0.15, -0.1) is 0 Å². The van der Waals surface area contributed by atoms with E-state index in [9.17, 15) is 40.7 Å². The third-order valence-corrected chi connectivity index (χ3v) is 4.27. The fourth-order valence-electron chi connectivity index (χ4n) is 2.58. The average Bonchev–Trinajstić information content (AvgIpc) is 2.75. The molecule has 2 N–H and O–H groups in total. The number of halogens is 6. The van der Waals surface area contributed by atoms with Crippen LogP contribution in [0.4, 0.5) is 26.3 Å². The van der Waals surface area contributed by atoms with E-state index in [4.69, 9.17) is 5.73 Å². The Morgan fingerprint density at radius 2 is 1.18 bits per heavy atom. The van der Waals surface area contributed by atoms with Gasteiger partial charge in [0.25, 0.3) is 0 Å². The second-order valence-electron chi connectivity index (χ2n) is 6.93. The number of ketones is 1. The minimum Gasteiger partial charge on any atom is -0.469 e. The molecule has 0 fully saturated rings. The number of benzene rings is 2. The predicted molar refractivity (Wildman–Crippen MR) is 106 cm³/mol. The first-order valence-corrected chi connectivity index (χ1v) is 9.55. The molecule has 34 heavy (non-hydrogen) atoms. The van der Waals surface area contributed by atoms with Crippen LogP contribution in [0.2, 0.25) is 0 Å². The van der Waals surface area contributed by atoms with E-state index in [1.807, 2.05) is 0 Å². The molecule has 2 aromatic carbocycles. The lowest BCUT2D eigenvalue weighted by atomic mass is 10.0. The van der Waals surface area contributed by atoms with Crippen LogP contribution in [0.3, 0.4) is 0 Å². The number of carbonyl (C=O) groups is 3. The van der Waals surface area contributed by atoms with Gasteiger partial charge >= 0.3 is 11.9 Å². The largest absolute Gasteiger partial charge is 0.469 e. The summed E-state index contributed by atoms with van der Waals surface area (Å²) >= 11 is 0. The molecule has 0 saturated heterocycles. The maximum atomic E-state index is 13.2. The molecule has 0 aromatic heterocycles. The molecule has 0 spiro atoms. The van der Waals surface area contributed by atoms with E-state index in [0.717, 1.165) is 13.2 Å². The topological polar surface area (TPSA) is 95.7 Å². The summed E-state index contributed by atoms with van der Waals surface area (Å²) in [7, 11) is 2.31. The van der Waals surface area contributed by atoms with Crippen LogP contribution in [0.25, 0.3) is 0 Å². The molecule has 2 rings (SSSR count). The van der Waals surface area contributed by atoms with Crippen LogP contribution in [-0.2, 0) is 36.7 Å². The smallest absolute Gasteiger partial charge is 0.313 e. The van der Waals surface area contributed by atoms with Crippen LogP contribution in [0, 0.1) is 34.9 Å². The molecule has 0 saturated carbocycles. The molecule has 0 aliphatic carbocycles. The molecule has 0 unspecified atom stereocenters. The Hall–Kier alpha value is -3.41. The van der Waals surface area contributed by atoms with Gasteiger partial charge in [0.05, 0.1) is 20.6 Å². The van der Waals surface area contributed by atoms with E-state index in [0.29, 0.717) is 18.2 Å². The molecule has 0 heterocycles. The van der Waals surface area contributed by atoms with Crippen LogP contribution < -0.4 is 5.73 Å². The summed E-state index contributed by atoms with van der Waals surface area (Å²) in [5.74, 6) is -8.83. The van der Waals surface area contributed by atoms with Crippen molar-refractivity contribution in [1.29, 1.82) is 0 Å². The molecule has 0 radical (unpaired) electrons. The van der Waals surface area contributed by atoms with Crippen LogP contribution in [0.15, 0.2) is 24.3 Å². The number of hydrogen-bond donors (Lipinski definition) is 1. The summed E-state index contributed by atoms with van der Waals surface area (Å²) < 4.78 is 85.9. The predicted octanol–water partition coefficient (Wildman–Crippen LogP) is 3.32. The Labute approximate surface area is 190 Å². The van der Waals surface area contributed by atoms with Gasteiger partial charge in [0.1, 0.15) is 23.8 Å². The Morgan fingerprint density at radius 1 is 0.735 bits per heavy atom. The molecule has 0 aliphatic rings. The van der Waals surface area contributed by atoms with E-state index in [1.54, 1.807) is 0 Å². The van der Waals surface area contributed by atoms with E-state index >= 15 is 0 Å². The first-order chi connectivity index (χ1) is 15.9. The third-order valence-electron chi connectivity index (χ3n) is 4.27. The summed E-state index contributed by atoms with van der Waals surface area (Å²) in [4.78, 5) is 32.9. The van der Waals surface area contributed by atoms with E-state index in [1.165, 1.54) is 7.11 Å². The number of esters is 2. The highest BCUT2D eigenvalue weighted by atomic mass is 19.2. The number of rotatable bonds is 8. The van der Waals surface area contributed by atoms with Gasteiger partial charge in [0.15, 0.2) is 23.3 Å². The first-order valence-electron chi connectivity index (χ1n) is 9.55. The van der Waals surface area contributed by atoms with Gasteiger partial charge in [-0.25, -0.2) is 26.3 Å². The number of hydrogen-bond acceptors (Lipinski definition) is 6. The van der Waals surface area contributed by atoms with Crippen LogP contribution >= 0.6 is 0 Å². The molecular formula is C22H21F6NO5. The number of methoxy groups -OCH3 is 2. The Bertz CT molecular complexity index is 1050. The Kier molecular flexibility index (Phi) is 11.2. The van der Waals surface area contributed by atoms with Gasteiger partial charge in [0, 0.05) is 24.6 Å². The zero-order chi connectivity index (χ0) is 26.0. The van der Waals surface area contributed by atoms with Gasteiger partial charge in [-0.2, -0.15) is 0 Å². The van der Waals surface area contributed by atoms with Gasteiger partial charge < -0.3 is 15.2 Å². The lowest BCUT2D eigenvalue weighted by Crippen LogP contribution is -2.27. The highest BCUT2D eigenvalue weighted by Crippen LogP contribution is 2.16. The van der Waals surface area contributed by atoms with E-state index < -0.39 is 71.5 Å². The Morgan fingerprint density at radius 3 is 1.68 bits per heavy atom. The van der Waals surface area contributed by atoms with Crippen molar-refractivity contribution in [1.82, 2.24) is 0 Å². The Balaban J connectivity index is 0.000000340. The average molecular weight is 493 g/mol. The minimum atomic E-state index is -1.33. The molecular weight excluding hydrogens is 472 g/mol. The molecule has 12 heteroatoms. The van der Waals surface area contributed by atoms with E-state index in [2.05, 4.69) is 9.47 Å². The molecule has 186 valence electrons. The maximum Gasteiger partial charge on any atom is 0.313 e. The second kappa shape index (κ2) is 13.3. The SMILES string of the molecule is COC(=O)CC(=O)Cc1cc(F)c(F)cc1F.COC(=O)C[C@H](N)Cc1cc(F)c(F)cc1F. The normalized spacial score (nSPS) is 11.2. The number of ether oxygens (including phenoxy) is 2. The zero-order valence-corrected chi connectivity index (χ0v) is 18.1. The molecule has 0 aliphatic heterocycles. The van der Waals surface area contributed by atoms with Crippen molar-refractivity contribution in [3.8, 4) is 0 Å². The highest BCUT2D eigenvalue weighted by molar-refractivity contribution is 5.96. The van der Waals surface area contributed by atoms with Crippen LogP contribution in [0.1, 0.15) is 24.0 Å². The maximum absolute atomic E-state index is 13.2. The van der Waals surface area contributed by atoms with Crippen molar-refractivity contribution in [2.24, 2.45) is 5.73 Å². The lowest BCUT2D eigenvalue weighted by Gasteiger charge is -2.11. The summed E-state index contributed by atoms with van der Waals surface area (Å²) in [5, 5.41) is 0. The van der Waals surface area contributed by atoms with Crippen molar-refractivity contribution in [2.45, 2.75) is 31.7 Å². The minimum absolute atomic E-state index is 0.0692. The molecule has 2 aromatic rings. The fraction of sp³-hybridized carbons (Fsp3) is 0.318. The van der Waals surface area contributed by atoms with Crippen molar-refractivity contribution in [3.05, 3.63) is 70.3 Å². The number of carbonyl (C=O) groups excluding carboxylic acids is 3. The standard InChI is InChI=1S/C11H12F3NO2.C11H9F3O3/c2*1-17-11(16)4-7(15)2-6-3-9(13)10(14)5-8(6)12/h3,5,7H,2,4,15H2,1H3;3,5H,2,4H2,1H3/t7-;/m1./s1. The third kappa shape index (κ3) is 9.22. The van der Waals surface area contributed by atoms with E-state index in [-0.39, 0.29) is 24.0 Å². The van der Waals surface area contributed by atoms with Gasteiger partial charge in [-0.05, 0) is 29.7 Å². The molecule has 6 nitrogen and oxygen atoms in total. The zero-order valence-electron chi connectivity index (χ0n) is 18.1. The molecule has 0 bridgehead atoms. The molecule has 1 atom stereocenters. The van der Waals surface area contributed by atoms with Crippen molar-refractivity contribution < 1.29 is 50.2 Å². The number of nitrogens with two attached hydrogens (primary N) is 1. The second-order valence-corrected chi connectivity index (χ2v) is 6.93. The number of Topliss-reactive ketones (excluding diaryl/α,β-unsaturated/α-hetero) is 1. The summed E-state index contributed by atoms with van der Waals surface area (Å²) in [5.41, 5.74) is 5.19. The van der Waals surface area contributed by atoms with Gasteiger partial charge in [-0.1, -0.05) is 0 Å². The van der Waals surface area contributed by atoms with Crippen LogP contribution in [0.5, 0.6) is 0 Å². The van der Waals surface area contributed by atoms with Gasteiger partial charge in [-0.3, -0.25) is 14.4 Å². The van der Waals surface area contributed by atoms with Crippen molar-refractivity contribution in [3.63, 3.8) is 0 Å². The van der Waals surface area contributed by atoms with Crippen molar-refractivity contribution >= 4 is 17.7 Å². The first kappa shape index (κ1) is 28.6. The summed E-state index contributed by atoms with van der Waals surface area (Å²) in [6.45, 7) is 0. The summed E-state index contributed by atoms with van der Waals surface area (Å²) in [6.07, 6.45) is -1.21. The quantitative estimate of drug-likeness (QED) is 0.262. The van der Waals surface area contributed by atoms with Crippen LogP contribution in [-0.4, -0.2) is 38.0 Å².